The Labute approximate surface area is 175 Å². The number of nitrogens with two attached hydrogens (primary N) is 1. The van der Waals surface area contributed by atoms with Crippen molar-refractivity contribution in [3.63, 3.8) is 0 Å². The summed E-state index contributed by atoms with van der Waals surface area (Å²) < 4.78 is 24.7. The molecular formula is C21H21ClN3O3S+. The molecule has 0 bridgehead atoms. The molecule has 0 saturated heterocycles. The highest BCUT2D eigenvalue weighted by atomic mass is 35.5. The summed E-state index contributed by atoms with van der Waals surface area (Å²) in [5.74, 6) is -0.279. The van der Waals surface area contributed by atoms with Crippen LogP contribution in [0.1, 0.15) is 11.4 Å². The van der Waals surface area contributed by atoms with Crippen molar-refractivity contribution in [2.75, 3.05) is 5.32 Å². The van der Waals surface area contributed by atoms with E-state index in [-0.39, 0.29) is 22.4 Å². The van der Waals surface area contributed by atoms with Gasteiger partial charge in [-0.1, -0.05) is 41.9 Å². The number of pyridine rings is 1. The molecule has 8 heteroatoms. The first-order chi connectivity index (χ1) is 13.6. The molecule has 0 aliphatic heterocycles. The minimum atomic E-state index is -3.86. The topological polar surface area (TPSA) is 93.1 Å². The molecule has 1 amide bonds. The molecule has 1 aromatic heterocycles. The largest absolute Gasteiger partial charge is 0.319 e. The molecule has 3 rings (SSSR count). The second-order valence-corrected chi connectivity index (χ2v) is 8.68. The van der Waals surface area contributed by atoms with Gasteiger partial charge in [-0.2, -0.15) is 4.57 Å². The van der Waals surface area contributed by atoms with Gasteiger partial charge in [0.15, 0.2) is 11.4 Å². The lowest BCUT2D eigenvalue weighted by atomic mass is 10.0. The van der Waals surface area contributed by atoms with E-state index < -0.39 is 10.0 Å². The van der Waals surface area contributed by atoms with Crippen LogP contribution >= 0.6 is 11.6 Å². The van der Waals surface area contributed by atoms with Crippen LogP contribution in [0.2, 0.25) is 5.02 Å². The molecule has 6 nitrogen and oxygen atoms in total. The van der Waals surface area contributed by atoms with Gasteiger partial charge in [-0.15, -0.1) is 0 Å². The number of rotatable bonds is 5. The van der Waals surface area contributed by atoms with Crippen LogP contribution in [-0.2, 0) is 21.4 Å². The normalized spacial score (nSPS) is 11.3. The average Bonchev–Trinajstić information content (AvgIpc) is 2.66. The maximum Gasteiger partial charge on any atom is 0.290 e. The first kappa shape index (κ1) is 21.0. The van der Waals surface area contributed by atoms with E-state index in [1.807, 2.05) is 60.9 Å². The van der Waals surface area contributed by atoms with Gasteiger partial charge in [-0.05, 0) is 29.3 Å². The van der Waals surface area contributed by atoms with Gasteiger partial charge in [0, 0.05) is 26.0 Å². The zero-order valence-corrected chi connectivity index (χ0v) is 17.6. The summed E-state index contributed by atoms with van der Waals surface area (Å²) in [6.45, 7) is 3.99. The third kappa shape index (κ3) is 5.00. The van der Waals surface area contributed by atoms with Crippen LogP contribution < -0.4 is 15.0 Å². The first-order valence-corrected chi connectivity index (χ1v) is 10.8. The van der Waals surface area contributed by atoms with Gasteiger partial charge in [0.2, 0.25) is 16.6 Å². The Bertz CT molecular complexity index is 1160. The van der Waals surface area contributed by atoms with Crippen LogP contribution in [0.25, 0.3) is 11.1 Å². The van der Waals surface area contributed by atoms with E-state index in [1.54, 1.807) is 0 Å². The van der Waals surface area contributed by atoms with Crippen molar-refractivity contribution >= 4 is 33.2 Å². The SMILES string of the molecule is Cc1cc(-c2ccccc2)cc(C)[n+]1CC(=O)Nc1ccc(S(N)(=O)=O)cc1Cl. The molecule has 2 aromatic carbocycles. The molecule has 150 valence electrons. The number of anilines is 1. The average molecular weight is 431 g/mol. The quantitative estimate of drug-likeness (QED) is 0.608. The van der Waals surface area contributed by atoms with Gasteiger partial charge in [-0.25, -0.2) is 13.6 Å². The van der Waals surface area contributed by atoms with E-state index in [9.17, 15) is 13.2 Å². The van der Waals surface area contributed by atoms with E-state index in [2.05, 4.69) is 5.32 Å². The van der Waals surface area contributed by atoms with Crippen molar-refractivity contribution in [3.8, 4) is 11.1 Å². The molecule has 3 aromatic rings. The number of benzene rings is 2. The highest BCUT2D eigenvalue weighted by Gasteiger charge is 2.19. The summed E-state index contributed by atoms with van der Waals surface area (Å²) in [6, 6.07) is 18.0. The molecule has 0 aliphatic rings. The Morgan fingerprint density at radius 1 is 1.00 bits per heavy atom. The fourth-order valence-corrected chi connectivity index (χ4v) is 3.91. The van der Waals surface area contributed by atoms with Gasteiger partial charge in [-0.3, -0.25) is 4.79 Å². The van der Waals surface area contributed by atoms with Crippen molar-refractivity contribution < 1.29 is 17.8 Å². The molecule has 0 spiro atoms. The van der Waals surface area contributed by atoms with Gasteiger partial charge in [0.1, 0.15) is 0 Å². The maximum absolute atomic E-state index is 12.5. The number of aryl methyl sites for hydroxylation is 2. The Morgan fingerprint density at radius 3 is 2.17 bits per heavy atom. The van der Waals surface area contributed by atoms with Gasteiger partial charge < -0.3 is 5.32 Å². The number of halogens is 1. The first-order valence-electron chi connectivity index (χ1n) is 8.84. The molecule has 0 unspecified atom stereocenters. The van der Waals surface area contributed by atoms with E-state index in [0.29, 0.717) is 5.69 Å². The summed E-state index contributed by atoms with van der Waals surface area (Å²) in [7, 11) is -3.86. The fourth-order valence-electron chi connectivity index (χ4n) is 3.08. The lowest BCUT2D eigenvalue weighted by Crippen LogP contribution is -2.45. The number of hydrogen-bond donors (Lipinski definition) is 2. The molecule has 1 heterocycles. The van der Waals surface area contributed by atoms with E-state index >= 15 is 0 Å². The van der Waals surface area contributed by atoms with E-state index in [4.69, 9.17) is 16.7 Å². The van der Waals surface area contributed by atoms with Crippen LogP contribution in [0.5, 0.6) is 0 Å². The predicted molar refractivity (Wildman–Crippen MR) is 113 cm³/mol. The zero-order chi connectivity index (χ0) is 21.2. The number of amides is 1. The third-order valence-corrected chi connectivity index (χ3v) is 5.76. The monoisotopic (exact) mass is 430 g/mol. The molecule has 0 aliphatic carbocycles. The van der Waals surface area contributed by atoms with Crippen LogP contribution in [-0.4, -0.2) is 14.3 Å². The second kappa shape index (κ2) is 8.32. The number of carbonyl (C=O) groups excluding carboxylic acids is 1. The van der Waals surface area contributed by atoms with Crippen LogP contribution in [0.4, 0.5) is 5.69 Å². The summed E-state index contributed by atoms with van der Waals surface area (Å²) in [4.78, 5) is 12.4. The number of primary sulfonamides is 1. The molecule has 0 fully saturated rings. The molecule has 29 heavy (non-hydrogen) atoms. The van der Waals surface area contributed by atoms with Crippen molar-refractivity contribution in [1.29, 1.82) is 0 Å². The van der Waals surface area contributed by atoms with E-state index in [0.717, 1.165) is 22.5 Å². The number of nitrogens with zero attached hydrogens (tertiary/aromatic N) is 1. The molecule has 3 N–H and O–H groups in total. The minimum absolute atomic E-state index is 0.0972. The minimum Gasteiger partial charge on any atom is -0.319 e. The van der Waals surface area contributed by atoms with Crippen molar-refractivity contribution in [3.05, 3.63) is 77.1 Å². The smallest absolute Gasteiger partial charge is 0.290 e. The molecule has 0 saturated carbocycles. The van der Waals surface area contributed by atoms with Gasteiger partial charge in [0.05, 0.1) is 15.6 Å². The third-order valence-electron chi connectivity index (χ3n) is 4.53. The Balaban J connectivity index is 1.79. The van der Waals surface area contributed by atoms with Crippen molar-refractivity contribution in [2.24, 2.45) is 5.14 Å². The van der Waals surface area contributed by atoms with E-state index in [1.165, 1.54) is 18.2 Å². The molecule has 0 radical (unpaired) electrons. The standard InChI is InChI=1S/C21H20ClN3O3S/c1-14-10-17(16-6-4-3-5-7-16)11-15(2)25(14)13-21(26)24-20-9-8-18(12-19(20)22)29(23,27)28/h3-12H,13H2,1-2H3,(H2-,23,24,26,27,28)/p+1. The number of sulfonamides is 1. The number of nitrogens with one attached hydrogen (secondary N) is 1. The van der Waals surface area contributed by atoms with Crippen molar-refractivity contribution in [1.82, 2.24) is 0 Å². The Morgan fingerprint density at radius 2 is 1.62 bits per heavy atom. The van der Waals surface area contributed by atoms with Crippen LogP contribution in [0.15, 0.2) is 65.6 Å². The fraction of sp³-hybridized carbons (Fsp3) is 0.143. The lowest BCUT2D eigenvalue weighted by molar-refractivity contribution is -0.695. The predicted octanol–water partition coefficient (Wildman–Crippen LogP) is 3.20. The maximum atomic E-state index is 12.5. The highest BCUT2D eigenvalue weighted by molar-refractivity contribution is 7.89. The number of carbonyl (C=O) groups is 1. The van der Waals surface area contributed by atoms with Crippen LogP contribution in [0, 0.1) is 13.8 Å². The van der Waals surface area contributed by atoms with Crippen molar-refractivity contribution in [2.45, 2.75) is 25.3 Å². The lowest BCUT2D eigenvalue weighted by Gasteiger charge is -2.10. The van der Waals surface area contributed by atoms with Gasteiger partial charge in [0.25, 0.3) is 5.91 Å². The Hall–Kier alpha value is -2.74. The number of hydrogen-bond acceptors (Lipinski definition) is 3. The van der Waals surface area contributed by atoms with Crippen LogP contribution in [0.3, 0.4) is 0 Å². The number of aromatic nitrogens is 1. The van der Waals surface area contributed by atoms with Gasteiger partial charge >= 0.3 is 0 Å². The zero-order valence-electron chi connectivity index (χ0n) is 16.0. The summed E-state index contributed by atoms with van der Waals surface area (Å²) in [5, 5.41) is 7.90. The summed E-state index contributed by atoms with van der Waals surface area (Å²) in [5.41, 5.74) is 4.39. The Kier molecular flexibility index (Phi) is 6.02. The highest BCUT2D eigenvalue weighted by Crippen LogP contribution is 2.25. The molecule has 0 atom stereocenters. The molecular weight excluding hydrogens is 410 g/mol. The summed E-state index contributed by atoms with van der Waals surface area (Å²) in [6.07, 6.45) is 0. The summed E-state index contributed by atoms with van der Waals surface area (Å²) >= 11 is 6.09. The second-order valence-electron chi connectivity index (χ2n) is 6.71.